The molecule has 1 aliphatic rings. The van der Waals surface area contributed by atoms with E-state index >= 15 is 0 Å². The van der Waals surface area contributed by atoms with Gasteiger partial charge >= 0.3 is 0 Å². The number of methoxy groups -OCH3 is 1. The minimum Gasteiger partial charge on any atom is -0.496 e. The summed E-state index contributed by atoms with van der Waals surface area (Å²) in [7, 11) is 3.89. The van der Waals surface area contributed by atoms with Gasteiger partial charge in [-0.1, -0.05) is 43.3 Å². The fourth-order valence-corrected chi connectivity index (χ4v) is 5.26. The Labute approximate surface area is 194 Å². The second-order valence-corrected chi connectivity index (χ2v) is 9.29. The Morgan fingerprint density at radius 1 is 1.03 bits per heavy atom. The van der Waals surface area contributed by atoms with Crippen LogP contribution < -0.4 is 10.1 Å². The summed E-state index contributed by atoms with van der Waals surface area (Å²) in [6, 6.07) is 19.9. The predicted molar refractivity (Wildman–Crippen MR) is 132 cm³/mol. The van der Waals surface area contributed by atoms with Gasteiger partial charge in [0, 0.05) is 47.7 Å². The van der Waals surface area contributed by atoms with E-state index in [2.05, 4.69) is 47.3 Å². The van der Waals surface area contributed by atoms with Crippen LogP contribution in [0.3, 0.4) is 0 Å². The molecule has 1 saturated heterocycles. The van der Waals surface area contributed by atoms with Gasteiger partial charge in [0.05, 0.1) is 13.2 Å². The van der Waals surface area contributed by atoms with Crippen LogP contribution in [0.25, 0.3) is 0 Å². The van der Waals surface area contributed by atoms with Crippen LogP contribution in [-0.2, 0) is 6.42 Å². The normalized spacial score (nSPS) is 16.0. The number of hydrogen-bond donors (Lipinski definition) is 1. The molecule has 0 bridgehead atoms. The van der Waals surface area contributed by atoms with Crippen molar-refractivity contribution in [3.8, 4) is 5.75 Å². The Morgan fingerprint density at radius 3 is 2.41 bits per heavy atom. The standard InChI is InChI=1S/C26H31N3O2S/c1-4-20-18-22(26(32-20)27-25(30)19-10-6-5-7-11-19)24(29-16-14-28(2)15-17-29)21-12-8-9-13-23(21)31-3/h5-13,18,24H,4,14-17H2,1-3H3,(H,27,30)/t24-/m0/s1. The van der Waals surface area contributed by atoms with Crippen molar-refractivity contribution < 1.29 is 9.53 Å². The molecule has 168 valence electrons. The number of thiophene rings is 1. The van der Waals surface area contributed by atoms with E-state index in [0.29, 0.717) is 5.56 Å². The number of hydrogen-bond acceptors (Lipinski definition) is 5. The third-order valence-electron chi connectivity index (χ3n) is 6.05. The average molecular weight is 450 g/mol. The molecule has 1 atom stereocenters. The quantitative estimate of drug-likeness (QED) is 0.557. The molecule has 0 saturated carbocycles. The number of likely N-dealkylation sites (N-methyl/N-ethyl adjacent to an activating group) is 1. The number of aryl methyl sites for hydroxylation is 1. The average Bonchev–Trinajstić information content (AvgIpc) is 3.23. The lowest BCUT2D eigenvalue weighted by Gasteiger charge is -2.38. The SMILES string of the molecule is CCc1cc([C@H](c2ccccc2OC)N2CCN(C)CC2)c(NC(=O)c2ccccc2)s1. The minimum atomic E-state index is -0.0755. The lowest BCUT2D eigenvalue weighted by molar-refractivity contribution is 0.102. The molecule has 0 unspecified atom stereocenters. The molecule has 4 rings (SSSR count). The van der Waals surface area contributed by atoms with Crippen LogP contribution in [0.2, 0.25) is 0 Å². The zero-order valence-electron chi connectivity index (χ0n) is 19.0. The van der Waals surface area contributed by atoms with Gasteiger partial charge in [-0.15, -0.1) is 11.3 Å². The van der Waals surface area contributed by atoms with E-state index in [1.807, 2.05) is 42.5 Å². The highest BCUT2D eigenvalue weighted by Gasteiger charge is 2.31. The first-order chi connectivity index (χ1) is 15.6. The van der Waals surface area contributed by atoms with Crippen LogP contribution in [0.15, 0.2) is 60.7 Å². The number of nitrogens with zero attached hydrogens (tertiary/aromatic N) is 2. The number of amides is 1. The van der Waals surface area contributed by atoms with Gasteiger partial charge in [0.2, 0.25) is 0 Å². The molecule has 1 amide bonds. The molecule has 1 N–H and O–H groups in total. The zero-order valence-corrected chi connectivity index (χ0v) is 19.8. The topological polar surface area (TPSA) is 44.8 Å². The van der Waals surface area contributed by atoms with Crippen molar-refractivity contribution in [2.45, 2.75) is 19.4 Å². The third-order valence-corrected chi connectivity index (χ3v) is 7.27. The maximum absolute atomic E-state index is 13.0. The number of ether oxygens (including phenoxy) is 1. The van der Waals surface area contributed by atoms with Crippen LogP contribution in [0.1, 0.15) is 39.3 Å². The van der Waals surface area contributed by atoms with Crippen molar-refractivity contribution in [1.29, 1.82) is 0 Å². The Balaban J connectivity index is 1.76. The number of para-hydroxylation sites is 1. The number of rotatable bonds is 7. The molecule has 32 heavy (non-hydrogen) atoms. The molecule has 6 heteroatoms. The van der Waals surface area contributed by atoms with Gasteiger partial charge in [-0.05, 0) is 37.7 Å². The van der Waals surface area contributed by atoms with Crippen LogP contribution in [0.4, 0.5) is 5.00 Å². The van der Waals surface area contributed by atoms with Gasteiger partial charge < -0.3 is 15.0 Å². The largest absolute Gasteiger partial charge is 0.496 e. The van der Waals surface area contributed by atoms with Gasteiger partial charge in [-0.3, -0.25) is 9.69 Å². The van der Waals surface area contributed by atoms with Gasteiger partial charge in [0.15, 0.2) is 0 Å². The molecule has 1 aliphatic heterocycles. The molecule has 3 aromatic rings. The molecule has 0 spiro atoms. The molecular weight excluding hydrogens is 418 g/mol. The summed E-state index contributed by atoms with van der Waals surface area (Å²) in [4.78, 5) is 19.1. The fourth-order valence-electron chi connectivity index (χ4n) is 4.23. The monoisotopic (exact) mass is 449 g/mol. The zero-order chi connectivity index (χ0) is 22.5. The maximum Gasteiger partial charge on any atom is 0.256 e. The van der Waals surface area contributed by atoms with Gasteiger partial charge in [-0.25, -0.2) is 0 Å². The number of piperazine rings is 1. The first kappa shape index (κ1) is 22.5. The van der Waals surface area contributed by atoms with Crippen molar-refractivity contribution in [3.05, 3.63) is 82.2 Å². The molecule has 5 nitrogen and oxygen atoms in total. The third kappa shape index (κ3) is 4.88. The van der Waals surface area contributed by atoms with E-state index in [9.17, 15) is 4.79 Å². The first-order valence-corrected chi connectivity index (χ1v) is 12.0. The lowest BCUT2D eigenvalue weighted by Crippen LogP contribution is -2.46. The Bertz CT molecular complexity index is 1040. The fraction of sp³-hybridized carbons (Fsp3) is 0.346. The second kappa shape index (κ2) is 10.3. The summed E-state index contributed by atoms with van der Waals surface area (Å²) in [6.07, 6.45) is 0.931. The predicted octanol–water partition coefficient (Wildman–Crippen LogP) is 4.91. The Hall–Kier alpha value is -2.67. The number of benzene rings is 2. The molecule has 0 radical (unpaired) electrons. The molecule has 1 aromatic heterocycles. The summed E-state index contributed by atoms with van der Waals surface area (Å²) in [5, 5.41) is 4.14. The van der Waals surface area contributed by atoms with Crippen molar-refractivity contribution in [3.63, 3.8) is 0 Å². The number of carbonyl (C=O) groups excluding carboxylic acids is 1. The summed E-state index contributed by atoms with van der Waals surface area (Å²) >= 11 is 1.67. The highest BCUT2D eigenvalue weighted by molar-refractivity contribution is 7.16. The van der Waals surface area contributed by atoms with Gasteiger partial charge in [0.1, 0.15) is 10.8 Å². The van der Waals surface area contributed by atoms with Crippen molar-refractivity contribution in [1.82, 2.24) is 9.80 Å². The highest BCUT2D eigenvalue weighted by atomic mass is 32.1. The number of carbonyl (C=O) groups is 1. The maximum atomic E-state index is 13.0. The van der Waals surface area contributed by atoms with Crippen LogP contribution >= 0.6 is 11.3 Å². The van der Waals surface area contributed by atoms with E-state index in [0.717, 1.165) is 54.5 Å². The Kier molecular flexibility index (Phi) is 7.25. The molecule has 0 aliphatic carbocycles. The molecular formula is C26H31N3O2S. The molecule has 2 aromatic carbocycles. The van der Waals surface area contributed by atoms with E-state index in [1.165, 1.54) is 4.88 Å². The second-order valence-electron chi connectivity index (χ2n) is 8.15. The van der Waals surface area contributed by atoms with Crippen LogP contribution in [-0.4, -0.2) is 56.0 Å². The summed E-state index contributed by atoms with van der Waals surface area (Å²) in [5.74, 6) is 0.800. The lowest BCUT2D eigenvalue weighted by atomic mass is 9.96. The van der Waals surface area contributed by atoms with Gasteiger partial charge in [-0.2, -0.15) is 0 Å². The summed E-state index contributed by atoms with van der Waals surface area (Å²) in [5.41, 5.74) is 2.94. The van der Waals surface area contributed by atoms with E-state index in [4.69, 9.17) is 4.74 Å². The number of anilines is 1. The van der Waals surface area contributed by atoms with E-state index in [-0.39, 0.29) is 11.9 Å². The van der Waals surface area contributed by atoms with Crippen molar-refractivity contribution >= 4 is 22.2 Å². The van der Waals surface area contributed by atoms with Gasteiger partial charge in [0.25, 0.3) is 5.91 Å². The highest BCUT2D eigenvalue weighted by Crippen LogP contribution is 2.42. The van der Waals surface area contributed by atoms with Crippen molar-refractivity contribution in [2.24, 2.45) is 0 Å². The summed E-state index contributed by atoms with van der Waals surface area (Å²) in [6.45, 7) is 6.11. The summed E-state index contributed by atoms with van der Waals surface area (Å²) < 4.78 is 5.76. The Morgan fingerprint density at radius 2 is 1.72 bits per heavy atom. The first-order valence-electron chi connectivity index (χ1n) is 11.1. The minimum absolute atomic E-state index is 0.0162. The smallest absolute Gasteiger partial charge is 0.256 e. The molecule has 1 fully saturated rings. The van der Waals surface area contributed by atoms with Crippen molar-refractivity contribution in [2.75, 3.05) is 45.7 Å². The van der Waals surface area contributed by atoms with Crippen LogP contribution in [0, 0.1) is 0 Å². The number of nitrogens with one attached hydrogen (secondary N) is 1. The van der Waals surface area contributed by atoms with Crippen LogP contribution in [0.5, 0.6) is 5.75 Å². The van der Waals surface area contributed by atoms with E-state index in [1.54, 1.807) is 18.4 Å². The molecule has 2 heterocycles. The van der Waals surface area contributed by atoms with E-state index < -0.39 is 0 Å².